The van der Waals surface area contributed by atoms with Crippen LogP contribution in [-0.2, 0) is 9.47 Å². The molecule has 3 rings (SSSR count). The van der Waals surface area contributed by atoms with Gasteiger partial charge in [-0.15, -0.1) is 0 Å². The highest BCUT2D eigenvalue weighted by Crippen LogP contribution is 2.44. The lowest BCUT2D eigenvalue weighted by atomic mass is 9.86. The van der Waals surface area contributed by atoms with Gasteiger partial charge in [-0.2, -0.15) is 0 Å². The average Bonchev–Trinajstić information content (AvgIpc) is 2.71. The third-order valence-electron chi connectivity index (χ3n) is 6.19. The first-order valence-corrected chi connectivity index (χ1v) is 11.5. The van der Waals surface area contributed by atoms with Crippen molar-refractivity contribution in [3.63, 3.8) is 0 Å². The van der Waals surface area contributed by atoms with Crippen molar-refractivity contribution in [3.05, 3.63) is 35.9 Å². The molecule has 29 heavy (non-hydrogen) atoms. The van der Waals surface area contributed by atoms with Crippen LogP contribution in [0.1, 0.15) is 77.9 Å². The summed E-state index contributed by atoms with van der Waals surface area (Å²) in [6.45, 7) is 10.6. The molecule has 2 atom stereocenters. The van der Waals surface area contributed by atoms with Crippen LogP contribution in [-0.4, -0.2) is 31.5 Å². The monoisotopic (exact) mass is 401 g/mol. The van der Waals surface area contributed by atoms with E-state index in [9.17, 15) is 0 Å². The van der Waals surface area contributed by atoms with Crippen LogP contribution in [0.2, 0.25) is 0 Å². The first kappa shape index (κ1) is 22.2. The Kier molecular flexibility index (Phi) is 8.02. The second kappa shape index (κ2) is 10.5. The molecule has 2 aliphatic rings. The highest BCUT2D eigenvalue weighted by molar-refractivity contribution is 5.53. The normalized spacial score (nSPS) is 24.3. The molecule has 0 saturated heterocycles. The second-order valence-corrected chi connectivity index (χ2v) is 8.90. The second-order valence-electron chi connectivity index (χ2n) is 8.90. The van der Waals surface area contributed by atoms with Crippen molar-refractivity contribution in [2.24, 2.45) is 5.92 Å². The van der Waals surface area contributed by atoms with Gasteiger partial charge in [-0.3, -0.25) is 0 Å². The Morgan fingerprint density at radius 2 is 1.97 bits per heavy atom. The van der Waals surface area contributed by atoms with Crippen LogP contribution in [0.15, 0.2) is 30.4 Å². The lowest BCUT2D eigenvalue weighted by Crippen LogP contribution is -2.51. The first-order valence-electron chi connectivity index (χ1n) is 11.5. The number of ether oxygens (including phenoxy) is 3. The van der Waals surface area contributed by atoms with Crippen molar-refractivity contribution in [2.45, 2.75) is 84.0 Å². The van der Waals surface area contributed by atoms with Crippen molar-refractivity contribution >= 4 is 5.69 Å². The zero-order valence-electron chi connectivity index (χ0n) is 18.7. The molecule has 4 heteroatoms. The highest BCUT2D eigenvalue weighted by atomic mass is 16.6. The Morgan fingerprint density at radius 1 is 1.17 bits per heavy atom. The van der Waals surface area contributed by atoms with Gasteiger partial charge in [0.15, 0.2) is 0 Å². The molecule has 1 aromatic rings. The fraction of sp³-hybridized carbons (Fsp3) is 0.680. The van der Waals surface area contributed by atoms with Gasteiger partial charge in [0, 0.05) is 24.4 Å². The van der Waals surface area contributed by atoms with Crippen LogP contribution in [0.25, 0.3) is 0 Å². The lowest BCUT2D eigenvalue weighted by molar-refractivity contribution is -0.158. The summed E-state index contributed by atoms with van der Waals surface area (Å²) in [7, 11) is 0. The molecule has 162 valence electrons. The highest BCUT2D eigenvalue weighted by Gasteiger charge is 2.45. The van der Waals surface area contributed by atoms with E-state index in [1.165, 1.54) is 32.1 Å². The largest absolute Gasteiger partial charge is 0.485 e. The Bertz CT molecular complexity index is 664. The first-order chi connectivity index (χ1) is 14.0. The van der Waals surface area contributed by atoms with E-state index in [4.69, 9.17) is 14.2 Å². The van der Waals surface area contributed by atoms with E-state index in [2.05, 4.69) is 44.3 Å². The Labute approximate surface area is 177 Å². The molecule has 1 aliphatic carbocycles. The molecule has 4 nitrogen and oxygen atoms in total. The third-order valence-corrected chi connectivity index (χ3v) is 6.19. The predicted molar refractivity (Wildman–Crippen MR) is 120 cm³/mol. The topological polar surface area (TPSA) is 39.7 Å². The number of hydrogen-bond donors (Lipinski definition) is 1. The van der Waals surface area contributed by atoms with Gasteiger partial charge in [-0.25, -0.2) is 0 Å². The molecule has 0 amide bonds. The van der Waals surface area contributed by atoms with Gasteiger partial charge >= 0.3 is 0 Å². The molecular formula is C25H39NO3. The molecule has 2 unspecified atom stereocenters. The number of hydrogen-bond acceptors (Lipinski definition) is 4. The molecule has 1 aliphatic heterocycles. The molecule has 0 bridgehead atoms. The van der Waals surface area contributed by atoms with Gasteiger partial charge < -0.3 is 19.5 Å². The van der Waals surface area contributed by atoms with E-state index in [0.29, 0.717) is 6.61 Å². The van der Waals surface area contributed by atoms with E-state index in [1.807, 2.05) is 19.1 Å². The Hall–Kier alpha value is -1.52. The summed E-state index contributed by atoms with van der Waals surface area (Å²) < 4.78 is 19.2. The molecule has 1 N–H and O–H groups in total. The summed E-state index contributed by atoms with van der Waals surface area (Å²) in [6, 6.07) is 6.32. The maximum absolute atomic E-state index is 6.57. The van der Waals surface area contributed by atoms with Crippen molar-refractivity contribution in [1.82, 2.24) is 0 Å². The number of allylic oxidation sites excluding steroid dienone is 1. The molecular weight excluding hydrogens is 362 g/mol. The maximum Gasteiger partial charge on any atom is 0.132 e. The maximum atomic E-state index is 6.57. The average molecular weight is 402 g/mol. The van der Waals surface area contributed by atoms with E-state index in [0.717, 1.165) is 42.5 Å². The van der Waals surface area contributed by atoms with Gasteiger partial charge in [0.1, 0.15) is 23.6 Å². The summed E-state index contributed by atoms with van der Waals surface area (Å²) in [5.74, 6) is 1.72. The zero-order chi connectivity index (χ0) is 20.7. The van der Waals surface area contributed by atoms with Gasteiger partial charge in [0.25, 0.3) is 0 Å². The minimum atomic E-state index is -0.455. The number of benzene rings is 1. The summed E-state index contributed by atoms with van der Waals surface area (Å²) in [6.07, 6.45) is 11.8. The van der Waals surface area contributed by atoms with E-state index in [-0.39, 0.29) is 12.2 Å². The zero-order valence-corrected chi connectivity index (χ0v) is 18.7. The van der Waals surface area contributed by atoms with E-state index < -0.39 is 5.60 Å². The van der Waals surface area contributed by atoms with Crippen LogP contribution in [0.3, 0.4) is 0 Å². The smallest absolute Gasteiger partial charge is 0.132 e. The van der Waals surface area contributed by atoms with Gasteiger partial charge in [-0.05, 0) is 58.2 Å². The molecule has 0 aromatic heterocycles. The fourth-order valence-corrected chi connectivity index (χ4v) is 4.61. The third kappa shape index (κ3) is 5.76. The fourth-order valence-electron chi connectivity index (χ4n) is 4.61. The summed E-state index contributed by atoms with van der Waals surface area (Å²) in [4.78, 5) is 0. The SMILES string of the molecule is CC=CCOC1C(OCCC2CCCCC2)c2cc(NCC)ccc2OC1(C)C. The standard InChI is InChI=1S/C25H39NO3/c1-5-7-16-28-24-23(27-17-15-19-11-9-8-10-12-19)21-18-20(26-6-2)13-14-22(21)29-25(24,3)4/h5,7,13-14,18-19,23-24,26H,6,8-12,15-17H2,1-4H3. The van der Waals surface area contributed by atoms with Crippen molar-refractivity contribution in [3.8, 4) is 5.75 Å². The molecule has 0 spiro atoms. The van der Waals surface area contributed by atoms with Crippen LogP contribution < -0.4 is 10.1 Å². The Morgan fingerprint density at radius 3 is 2.69 bits per heavy atom. The van der Waals surface area contributed by atoms with Gasteiger partial charge in [0.05, 0.1) is 6.61 Å². The van der Waals surface area contributed by atoms with Crippen molar-refractivity contribution in [2.75, 3.05) is 25.1 Å². The quantitative estimate of drug-likeness (QED) is 0.494. The summed E-state index contributed by atoms with van der Waals surface area (Å²) in [5.41, 5.74) is 1.74. The molecule has 1 heterocycles. The number of fused-ring (bicyclic) bond motifs is 1. The van der Waals surface area contributed by atoms with Crippen molar-refractivity contribution < 1.29 is 14.2 Å². The molecule has 1 fully saturated rings. The minimum Gasteiger partial charge on any atom is -0.485 e. The number of anilines is 1. The van der Waals surface area contributed by atoms with Crippen LogP contribution in [0, 0.1) is 5.92 Å². The minimum absolute atomic E-state index is 0.124. The van der Waals surface area contributed by atoms with Gasteiger partial charge in [-0.1, -0.05) is 44.3 Å². The Balaban J connectivity index is 1.79. The van der Waals surface area contributed by atoms with Crippen molar-refractivity contribution in [1.29, 1.82) is 0 Å². The number of rotatable bonds is 9. The van der Waals surface area contributed by atoms with Gasteiger partial charge in [0.2, 0.25) is 0 Å². The van der Waals surface area contributed by atoms with Crippen LogP contribution in [0.5, 0.6) is 5.75 Å². The van der Waals surface area contributed by atoms with E-state index >= 15 is 0 Å². The molecule has 1 aromatic carbocycles. The number of nitrogens with one attached hydrogen (secondary N) is 1. The van der Waals surface area contributed by atoms with E-state index in [1.54, 1.807) is 0 Å². The molecule has 1 saturated carbocycles. The van der Waals surface area contributed by atoms with Crippen LogP contribution >= 0.6 is 0 Å². The lowest BCUT2D eigenvalue weighted by Gasteiger charge is -2.44. The summed E-state index contributed by atoms with van der Waals surface area (Å²) in [5, 5.41) is 3.41. The summed E-state index contributed by atoms with van der Waals surface area (Å²) >= 11 is 0. The molecule has 0 radical (unpaired) electrons. The predicted octanol–water partition coefficient (Wildman–Crippen LogP) is 6.28. The van der Waals surface area contributed by atoms with Crippen LogP contribution in [0.4, 0.5) is 5.69 Å².